The van der Waals surface area contributed by atoms with Gasteiger partial charge in [0.2, 0.25) is 36.2 Å². The molecular weight excluding hydrogens is 1790 g/mol. The van der Waals surface area contributed by atoms with Gasteiger partial charge in [-0.15, -0.1) is 0 Å². The summed E-state index contributed by atoms with van der Waals surface area (Å²) < 4.78 is 69.6. The van der Waals surface area contributed by atoms with Gasteiger partial charge in [0.1, 0.15) is 136 Å². The Kier molecular flexibility index (Phi) is 49.0. The van der Waals surface area contributed by atoms with Crippen molar-refractivity contribution >= 4 is 90.4 Å². The number of aliphatic carboxylic acids is 1. The lowest BCUT2D eigenvalue weighted by atomic mass is 9.88. The molecule has 6 saturated heterocycles. The third kappa shape index (κ3) is 34.9. The molecule has 6 rings (SSSR count). The van der Waals surface area contributed by atoms with Crippen molar-refractivity contribution in [2.75, 3.05) is 69.8 Å². The molecule has 6 amide bonds. The van der Waals surface area contributed by atoms with Crippen molar-refractivity contribution in [3.05, 3.63) is 0 Å². The Morgan fingerprint density at radius 3 is 1.32 bits per heavy atom. The molecule has 0 saturated carbocycles. The van der Waals surface area contributed by atoms with Crippen molar-refractivity contribution in [3.8, 4) is 0 Å². The molecule has 27 N–H and O–H groups in total. The van der Waals surface area contributed by atoms with Gasteiger partial charge in [-0.2, -0.15) is 37.0 Å². The van der Waals surface area contributed by atoms with E-state index in [2.05, 4.69) is 73.8 Å². The largest absolute Gasteiger partial charge is 0.479 e. The smallest absolute Gasteiger partial charge is 0.335 e. The van der Waals surface area contributed by atoms with E-state index in [1.807, 2.05) is 10.9 Å². The van der Waals surface area contributed by atoms with Crippen LogP contribution in [0, 0.1) is 5.41 Å². The van der Waals surface area contributed by atoms with Gasteiger partial charge in [-0.1, -0.05) is 13.8 Å². The zero-order chi connectivity index (χ0) is 94.8. The van der Waals surface area contributed by atoms with Crippen molar-refractivity contribution in [2.45, 2.75) is 315 Å². The quantitative estimate of drug-likeness (QED) is 0.00671. The second-order valence-electron chi connectivity index (χ2n) is 30.5. The fourth-order valence-electron chi connectivity index (χ4n) is 13.4. The van der Waals surface area contributed by atoms with Crippen LogP contribution in [0.5, 0.6) is 0 Å². The molecule has 54 nitrogen and oxygen atoms in total. The SMILES string of the molecule is CCC(O)NNC(O)CC(=O)NNC(=O)C1OC(OO[C@H]2CC(NC(C)=O)[C@H](O[C@H]3C(C(=O)NNC(=O)CC(O)NNC(O)CCSCCC(O)OCC(CC)(COC(=O)CCS)COC(=O)CCS)OC(C)C(O)C3O)O[C@H]2CO)[C@H](O)C(O)[C@H]1OC1O[C@@H](CO)[C@@H](OOC2OC(C(=O)O)[C@H](O[C@@H]3O[C@@H](CO)[C@@H](OOC)CC3NC(C)=O)C(O)C2O)C[C@@H]1NC(C)O. The molecule has 33 atom stereocenters. The Morgan fingerprint density at radius 2 is 0.898 bits per heavy atom. The number of carboxylic acid groups (broad SMARTS) is 1. The van der Waals surface area contributed by atoms with E-state index in [1.165, 1.54) is 32.7 Å². The maximum absolute atomic E-state index is 14.4. The van der Waals surface area contributed by atoms with Gasteiger partial charge in [0.05, 0.1) is 88.9 Å². The minimum atomic E-state index is -2.40. The van der Waals surface area contributed by atoms with E-state index in [1.54, 1.807) is 13.8 Å². The van der Waals surface area contributed by atoms with Gasteiger partial charge in [0.15, 0.2) is 43.5 Å². The lowest BCUT2D eigenvalue weighted by molar-refractivity contribution is -0.461. The van der Waals surface area contributed by atoms with E-state index in [0.29, 0.717) is 17.9 Å². The molecule has 0 spiro atoms. The predicted molar refractivity (Wildman–Crippen MR) is 427 cm³/mol. The maximum Gasteiger partial charge on any atom is 0.335 e. The van der Waals surface area contributed by atoms with Crippen LogP contribution >= 0.6 is 37.0 Å². The number of esters is 2. The number of carbonyl (C=O) groups excluding carboxylic acids is 8. The van der Waals surface area contributed by atoms with Gasteiger partial charge in [0, 0.05) is 44.6 Å². The fraction of sp³-hybridized carbons (Fsp3) is 0.873. The van der Waals surface area contributed by atoms with Gasteiger partial charge >= 0.3 is 17.9 Å². The standard InChI is InChI=1S/C71H125N11O43S3/c1-8-42(89)75-77-44(91)21-46(93)80-82-64(105)61-58(117-67-35(74-32(6)88)20-38(41(25-85)115-67)123-125-70-56(103)54(101)59(62(120-70)65(106)107)118-68-33(72-30(4)86)18-36(121-108-7)39(23-83)113-68)53(100)55(102)69(119-61)124-122-37-19-34(73-31(5)87)66(114-40(37)24-84)116-57-52(99)51(98)29(3)112-60(57)63(104)81-79-47(94)22-45(92)78-76-43(90)12-16-128-17-13-50(97)111-28-71(9-2,26-109-48(95)10-14-126)27-110-49(96)11-15-127/h29,32-45,50-62,66-70,74-78,83-85,88-92,97-103,126-127H,8-28H2,1-7H3,(H,72,86)(H,73,87)(H,79,94)(H,80,93)(H,81,104)(H,82,105)(H,106,107)/t29?,32?,33?,34?,35-,36-,37-,38-,39-,40-,41-,42?,43?,44?,45?,50?,51?,52?,53?,54?,55+,56?,57+,58+,59+,60?,61?,62?,66-,67?,68-,69?,70?/m0/s1. The van der Waals surface area contributed by atoms with Crippen LogP contribution in [0.2, 0.25) is 0 Å². The number of aliphatic hydroxyl groups excluding tert-OH is 15. The second kappa shape index (κ2) is 56.3. The number of hydrogen-bond acceptors (Lipinski definition) is 50. The number of thiol groups is 2. The third-order valence-corrected chi connectivity index (χ3v) is 21.9. The monoisotopic (exact) mass is 1920 g/mol. The van der Waals surface area contributed by atoms with Crippen LogP contribution in [-0.2, 0) is 129 Å². The highest BCUT2D eigenvalue weighted by Gasteiger charge is 2.57. The summed E-state index contributed by atoms with van der Waals surface area (Å²) in [6.07, 6.45) is -56.1. The first-order valence-electron chi connectivity index (χ1n) is 40.9. The van der Waals surface area contributed by atoms with Crippen LogP contribution in [0.4, 0.5) is 0 Å². The van der Waals surface area contributed by atoms with Crippen LogP contribution in [-0.4, -0.2) is 408 Å². The lowest BCUT2D eigenvalue weighted by Crippen LogP contribution is -2.67. The summed E-state index contributed by atoms with van der Waals surface area (Å²) in [5.41, 5.74) is 16.5. The van der Waals surface area contributed by atoms with Crippen molar-refractivity contribution in [3.63, 3.8) is 0 Å². The Morgan fingerprint density at radius 1 is 0.492 bits per heavy atom. The summed E-state index contributed by atoms with van der Waals surface area (Å²) in [5.74, 6) is -7.86. The van der Waals surface area contributed by atoms with Crippen LogP contribution in [0.25, 0.3) is 0 Å². The van der Waals surface area contributed by atoms with Gasteiger partial charge in [0.25, 0.3) is 11.8 Å². The van der Waals surface area contributed by atoms with Gasteiger partial charge in [-0.3, -0.25) is 65.4 Å². The zero-order valence-electron chi connectivity index (χ0n) is 70.9. The van der Waals surface area contributed by atoms with Crippen LogP contribution in [0.1, 0.15) is 112 Å². The molecule has 0 aromatic rings. The molecule has 0 bridgehead atoms. The highest BCUT2D eigenvalue weighted by molar-refractivity contribution is 7.99. The minimum absolute atomic E-state index is 0.0502. The number of hydrogen-bond donors (Lipinski definition) is 29. The molecule has 0 aromatic heterocycles. The molecule has 6 aliphatic heterocycles. The van der Waals surface area contributed by atoms with Crippen LogP contribution in [0.3, 0.4) is 0 Å². The van der Waals surface area contributed by atoms with Crippen molar-refractivity contribution in [1.29, 1.82) is 0 Å². The molecule has 740 valence electrons. The molecular formula is C71H125N11O43S3. The Labute approximate surface area is 748 Å². The van der Waals surface area contributed by atoms with Gasteiger partial charge in [-0.05, 0) is 51.0 Å². The van der Waals surface area contributed by atoms with Crippen molar-refractivity contribution in [2.24, 2.45) is 5.41 Å². The molecule has 57 heteroatoms. The summed E-state index contributed by atoms with van der Waals surface area (Å²) in [7, 11) is 1.17. The average Bonchev–Trinajstić information content (AvgIpc) is 0.784. The number of hydrazine groups is 4. The molecule has 128 heavy (non-hydrogen) atoms. The van der Waals surface area contributed by atoms with Gasteiger partial charge < -0.3 is 149 Å². The number of carbonyl (C=O) groups is 9. The topological polar surface area (TPSA) is 776 Å². The van der Waals surface area contributed by atoms with Crippen LogP contribution < -0.4 is 59.4 Å². The maximum atomic E-state index is 14.4. The van der Waals surface area contributed by atoms with E-state index in [-0.39, 0.29) is 69.9 Å². The second-order valence-corrected chi connectivity index (χ2v) is 32.6. The molecule has 0 aliphatic carbocycles. The van der Waals surface area contributed by atoms with Crippen molar-refractivity contribution in [1.82, 2.24) is 59.4 Å². The number of nitrogens with one attached hydrogen (secondary N) is 11. The summed E-state index contributed by atoms with van der Waals surface area (Å²) in [5, 5.41) is 182. The number of aliphatic hydroxyl groups is 15. The first-order valence-corrected chi connectivity index (χ1v) is 43.4. The van der Waals surface area contributed by atoms with Crippen molar-refractivity contribution < 1.29 is 211 Å². The fourth-order valence-corrected chi connectivity index (χ4v) is 14.7. The number of amides is 6. The summed E-state index contributed by atoms with van der Waals surface area (Å²) in [4.78, 5) is 149. The normalized spacial score (nSPS) is 33.0. The predicted octanol–water partition coefficient (Wildman–Crippen LogP) is -12.2. The summed E-state index contributed by atoms with van der Waals surface area (Å²) >= 11 is 9.40. The summed E-state index contributed by atoms with van der Waals surface area (Å²) in [6.45, 7) is 4.87. The molecule has 6 heterocycles. The third-order valence-electron chi connectivity index (χ3n) is 20.4. The first-order chi connectivity index (χ1) is 60.8. The number of thioether (sulfide) groups is 1. The van der Waals surface area contributed by atoms with Crippen LogP contribution in [0.15, 0.2) is 0 Å². The molecule has 0 radical (unpaired) electrons. The highest BCUT2D eigenvalue weighted by atomic mass is 32.2. The number of carboxylic acids is 1. The van der Waals surface area contributed by atoms with E-state index >= 15 is 0 Å². The molecule has 6 fully saturated rings. The number of ether oxygens (including phenoxy) is 12. The van der Waals surface area contributed by atoms with E-state index < -0.39 is 307 Å². The Balaban J connectivity index is 1.08. The average molecular weight is 1920 g/mol. The Hall–Kier alpha value is -5.16. The number of rotatable bonds is 53. The lowest BCUT2D eigenvalue weighted by Gasteiger charge is -2.47. The van der Waals surface area contributed by atoms with E-state index in [9.17, 15) is 125 Å². The minimum Gasteiger partial charge on any atom is -0.479 e. The first kappa shape index (κ1) is 112. The molecule has 0 aromatic carbocycles. The van der Waals surface area contributed by atoms with Gasteiger partial charge in [-0.25, -0.2) is 55.8 Å². The Bertz CT molecular complexity index is 3360. The van der Waals surface area contributed by atoms with E-state index in [0.717, 1.165) is 13.8 Å². The summed E-state index contributed by atoms with van der Waals surface area (Å²) in [6, 6.07) is -4.03. The highest BCUT2D eigenvalue weighted by Crippen LogP contribution is 2.37. The zero-order valence-corrected chi connectivity index (χ0v) is 73.5. The molecule has 6 aliphatic rings. The molecule has 20 unspecified atom stereocenters. The van der Waals surface area contributed by atoms with E-state index in [4.69, 9.17) is 86.2 Å².